The van der Waals surface area contributed by atoms with E-state index < -0.39 is 23.8 Å². The fraction of sp³-hybridized carbons (Fsp3) is 0.435. The van der Waals surface area contributed by atoms with Crippen molar-refractivity contribution in [3.05, 3.63) is 59.2 Å². The normalized spacial score (nSPS) is 21.4. The molecule has 1 aliphatic rings. The van der Waals surface area contributed by atoms with Gasteiger partial charge in [0.1, 0.15) is 11.5 Å². The molecule has 3 unspecified atom stereocenters. The molecule has 1 aliphatic heterocycles. The minimum absolute atomic E-state index is 0.0616. The van der Waals surface area contributed by atoms with Crippen LogP contribution in [-0.2, 0) is 9.74 Å². The van der Waals surface area contributed by atoms with Crippen molar-refractivity contribution >= 4 is 5.97 Å². The maximum atomic E-state index is 15.0. The number of methoxy groups -OCH3 is 1. The lowest BCUT2D eigenvalue weighted by atomic mass is 9.82. The lowest BCUT2D eigenvalue weighted by Gasteiger charge is -2.22. The number of hydrogen-bond donors (Lipinski definition) is 0. The third-order valence-corrected chi connectivity index (χ3v) is 5.65. The molecule has 0 radical (unpaired) electrons. The van der Waals surface area contributed by atoms with Gasteiger partial charge in [-0.1, -0.05) is 37.6 Å². The number of aryl methyl sites for hydroxylation is 1. The average Bonchev–Trinajstić information content (AvgIpc) is 3.11. The minimum atomic E-state index is -1.09. The molecule has 0 amide bonds. The van der Waals surface area contributed by atoms with E-state index in [9.17, 15) is 9.32 Å². The SMILES string of the molecule is CCCCOc1cc(C2CN(F)C(c3ccc(OC)cc3)C2C(=O)OF)ccc1C. The topological polar surface area (TPSA) is 48.0 Å². The molecule has 0 spiro atoms. The molecule has 162 valence electrons. The molecule has 0 saturated carbocycles. The number of halogens is 2. The van der Waals surface area contributed by atoms with Gasteiger partial charge < -0.3 is 9.47 Å². The van der Waals surface area contributed by atoms with Crippen molar-refractivity contribution in [2.45, 2.75) is 38.6 Å². The maximum absolute atomic E-state index is 15.0. The van der Waals surface area contributed by atoms with Gasteiger partial charge in [-0.05, 0) is 48.2 Å². The molecule has 0 N–H and O–H groups in total. The van der Waals surface area contributed by atoms with Gasteiger partial charge in [-0.25, -0.2) is 4.79 Å². The van der Waals surface area contributed by atoms with Crippen molar-refractivity contribution in [1.82, 2.24) is 5.12 Å². The molecule has 1 fully saturated rings. The van der Waals surface area contributed by atoms with Crippen LogP contribution in [0.3, 0.4) is 0 Å². The minimum Gasteiger partial charge on any atom is -0.497 e. The zero-order valence-electron chi connectivity index (χ0n) is 17.4. The number of unbranched alkanes of at least 4 members (excludes halogenated alkanes) is 1. The van der Waals surface area contributed by atoms with Crippen LogP contribution in [0.15, 0.2) is 42.5 Å². The van der Waals surface area contributed by atoms with Crippen LogP contribution in [0, 0.1) is 12.8 Å². The number of benzene rings is 2. The largest absolute Gasteiger partial charge is 0.497 e. The van der Waals surface area contributed by atoms with Crippen LogP contribution in [0.2, 0.25) is 0 Å². The number of carbonyl (C=O) groups excluding carboxylic acids is 1. The number of nitrogens with zero attached hydrogens (tertiary/aromatic N) is 1. The molecule has 0 aliphatic carbocycles. The lowest BCUT2D eigenvalue weighted by Crippen LogP contribution is -2.26. The molecule has 3 rings (SSSR count). The molecule has 30 heavy (non-hydrogen) atoms. The highest BCUT2D eigenvalue weighted by molar-refractivity contribution is 5.75. The molecular weight excluding hydrogens is 392 g/mol. The van der Waals surface area contributed by atoms with Crippen LogP contribution in [0.1, 0.15) is 48.4 Å². The van der Waals surface area contributed by atoms with E-state index in [1.165, 1.54) is 7.11 Å². The van der Waals surface area contributed by atoms with Crippen molar-refractivity contribution in [3.8, 4) is 11.5 Å². The van der Waals surface area contributed by atoms with E-state index in [1.807, 2.05) is 25.1 Å². The number of carbonyl (C=O) groups is 1. The van der Waals surface area contributed by atoms with Crippen molar-refractivity contribution < 1.29 is 28.2 Å². The zero-order chi connectivity index (χ0) is 21.7. The van der Waals surface area contributed by atoms with Gasteiger partial charge in [0.25, 0.3) is 0 Å². The van der Waals surface area contributed by atoms with Gasteiger partial charge in [-0.2, -0.15) is 0 Å². The summed E-state index contributed by atoms with van der Waals surface area (Å²) in [6.45, 7) is 4.52. The smallest absolute Gasteiger partial charge is 0.354 e. The first-order valence-electron chi connectivity index (χ1n) is 10.1. The predicted octanol–water partition coefficient (Wildman–Crippen LogP) is 5.25. The van der Waals surface area contributed by atoms with Gasteiger partial charge in [-0.15, -0.1) is 9.60 Å². The first-order chi connectivity index (χ1) is 14.5. The first kappa shape index (κ1) is 22.0. The molecule has 0 aromatic heterocycles. The van der Waals surface area contributed by atoms with E-state index in [4.69, 9.17) is 9.47 Å². The van der Waals surface area contributed by atoms with E-state index in [-0.39, 0.29) is 6.54 Å². The van der Waals surface area contributed by atoms with Crippen LogP contribution >= 0.6 is 0 Å². The van der Waals surface area contributed by atoms with E-state index in [0.29, 0.717) is 34.4 Å². The first-order valence-corrected chi connectivity index (χ1v) is 10.1. The standard InChI is InChI=1S/C23H27F2NO4/c1-4-5-12-29-20-13-17(7-6-15(20)2)19-14-26(24)22(21(19)23(27)30-25)16-8-10-18(28-3)11-9-16/h6-11,13,19,21-22H,4-5,12,14H2,1-3H3. The Labute approximate surface area is 175 Å². The van der Waals surface area contributed by atoms with E-state index in [1.54, 1.807) is 24.3 Å². The van der Waals surface area contributed by atoms with Crippen LogP contribution in [0.4, 0.5) is 9.01 Å². The highest BCUT2D eigenvalue weighted by Gasteiger charge is 2.49. The maximum Gasteiger partial charge on any atom is 0.354 e. The van der Waals surface area contributed by atoms with Gasteiger partial charge in [0, 0.05) is 17.0 Å². The molecule has 0 bridgehead atoms. The third kappa shape index (κ3) is 4.56. The quantitative estimate of drug-likeness (QED) is 0.432. The number of hydrogen-bond acceptors (Lipinski definition) is 5. The molecule has 5 nitrogen and oxygen atoms in total. The zero-order valence-corrected chi connectivity index (χ0v) is 17.4. The summed E-state index contributed by atoms with van der Waals surface area (Å²) in [5.74, 6) is -1.42. The van der Waals surface area contributed by atoms with E-state index in [2.05, 4.69) is 11.9 Å². The summed E-state index contributed by atoms with van der Waals surface area (Å²) in [5, 5.41) is 0.575. The summed E-state index contributed by atoms with van der Waals surface area (Å²) in [6, 6.07) is 11.3. The number of ether oxygens (including phenoxy) is 2. The van der Waals surface area contributed by atoms with Crippen molar-refractivity contribution in [1.29, 1.82) is 0 Å². The molecule has 3 atom stereocenters. The Balaban J connectivity index is 1.94. The van der Waals surface area contributed by atoms with Crippen LogP contribution in [0.25, 0.3) is 0 Å². The molecule has 2 aromatic carbocycles. The Morgan fingerprint density at radius 2 is 1.87 bits per heavy atom. The van der Waals surface area contributed by atoms with E-state index >= 15 is 4.48 Å². The number of rotatable bonds is 8. The summed E-state index contributed by atoms with van der Waals surface area (Å²) < 4.78 is 39.0. The van der Waals surface area contributed by atoms with Gasteiger partial charge in [0.05, 0.1) is 25.7 Å². The third-order valence-electron chi connectivity index (χ3n) is 5.65. The fourth-order valence-corrected chi connectivity index (χ4v) is 3.97. The Kier molecular flexibility index (Phi) is 7.26. The summed E-state index contributed by atoms with van der Waals surface area (Å²) in [6.07, 6.45) is 1.92. The molecule has 1 heterocycles. The van der Waals surface area contributed by atoms with E-state index in [0.717, 1.165) is 18.4 Å². The summed E-state index contributed by atoms with van der Waals surface area (Å²) >= 11 is 0. The Bertz CT molecular complexity index is 859. The molecule has 1 saturated heterocycles. The van der Waals surface area contributed by atoms with Crippen molar-refractivity contribution in [3.63, 3.8) is 0 Å². The summed E-state index contributed by atoms with van der Waals surface area (Å²) in [4.78, 5) is 15.9. The highest BCUT2D eigenvalue weighted by Crippen LogP contribution is 2.47. The Morgan fingerprint density at radius 1 is 1.17 bits per heavy atom. The second-order valence-corrected chi connectivity index (χ2v) is 7.56. The fourth-order valence-electron chi connectivity index (χ4n) is 3.97. The van der Waals surface area contributed by atoms with Crippen LogP contribution in [-0.4, -0.2) is 31.4 Å². The molecular formula is C23H27F2NO4. The van der Waals surface area contributed by atoms with Gasteiger partial charge >= 0.3 is 5.97 Å². The van der Waals surface area contributed by atoms with Gasteiger partial charge in [0.2, 0.25) is 0 Å². The van der Waals surface area contributed by atoms with Crippen LogP contribution in [0.5, 0.6) is 11.5 Å². The summed E-state index contributed by atoms with van der Waals surface area (Å²) in [7, 11) is 1.53. The summed E-state index contributed by atoms with van der Waals surface area (Å²) in [5.41, 5.74) is 2.20. The lowest BCUT2D eigenvalue weighted by molar-refractivity contribution is -0.191. The molecule has 7 heteroatoms. The second kappa shape index (κ2) is 9.89. The Morgan fingerprint density at radius 3 is 2.50 bits per heavy atom. The second-order valence-electron chi connectivity index (χ2n) is 7.56. The Hall–Kier alpha value is -2.67. The molecule has 2 aromatic rings. The monoisotopic (exact) mass is 419 g/mol. The predicted molar refractivity (Wildman–Crippen MR) is 109 cm³/mol. The van der Waals surface area contributed by atoms with Gasteiger partial charge in [0.15, 0.2) is 0 Å². The van der Waals surface area contributed by atoms with Crippen molar-refractivity contribution in [2.75, 3.05) is 20.3 Å². The van der Waals surface area contributed by atoms with Gasteiger partial charge in [-0.3, -0.25) is 4.94 Å². The highest BCUT2D eigenvalue weighted by atomic mass is 19.3. The van der Waals surface area contributed by atoms with Crippen LogP contribution < -0.4 is 9.47 Å². The average molecular weight is 419 g/mol. The van der Waals surface area contributed by atoms with Crippen molar-refractivity contribution in [2.24, 2.45) is 5.92 Å².